The number of carbonyl (C=O) groups excluding carboxylic acids is 4. The Morgan fingerprint density at radius 1 is 0.843 bits per heavy atom. The molecule has 0 saturated carbocycles. The summed E-state index contributed by atoms with van der Waals surface area (Å²) in [6, 6.07) is -0.991. The summed E-state index contributed by atoms with van der Waals surface area (Å²) in [6.07, 6.45) is 21.3. The van der Waals surface area contributed by atoms with Gasteiger partial charge in [0.15, 0.2) is 11.5 Å². The predicted octanol–water partition coefficient (Wildman–Crippen LogP) is 6.92. The fraction of sp³-hybridized carbons (Fsp3) is 0.816. The van der Waals surface area contributed by atoms with E-state index in [2.05, 4.69) is 37.9 Å². The van der Waals surface area contributed by atoms with Crippen LogP contribution in [0.5, 0.6) is 0 Å². The van der Waals surface area contributed by atoms with E-state index >= 15 is 0 Å². The summed E-state index contributed by atoms with van der Waals surface area (Å²) in [5, 5.41) is 8.48. The van der Waals surface area contributed by atoms with Crippen molar-refractivity contribution in [2.45, 2.75) is 175 Å². The summed E-state index contributed by atoms with van der Waals surface area (Å²) in [7, 11) is 0. The molecule has 0 aliphatic carbocycles. The van der Waals surface area contributed by atoms with Crippen LogP contribution in [0.1, 0.15) is 157 Å². The largest absolute Gasteiger partial charge is 0.466 e. The van der Waals surface area contributed by atoms with Crippen LogP contribution in [-0.4, -0.2) is 79.0 Å². The van der Waals surface area contributed by atoms with E-state index in [0.717, 1.165) is 19.3 Å². The lowest BCUT2D eigenvalue weighted by atomic mass is 10.0. The van der Waals surface area contributed by atoms with Crippen molar-refractivity contribution >= 4 is 41.8 Å². The van der Waals surface area contributed by atoms with Crippen molar-refractivity contribution in [2.75, 3.05) is 19.8 Å². The first-order valence-corrected chi connectivity index (χ1v) is 19.5. The van der Waals surface area contributed by atoms with Crippen LogP contribution in [0.15, 0.2) is 15.0 Å². The number of esters is 2. The van der Waals surface area contributed by atoms with Crippen LogP contribution < -0.4 is 16.0 Å². The molecule has 2 atom stereocenters. The lowest BCUT2D eigenvalue weighted by Crippen LogP contribution is -2.66. The molecule has 2 aliphatic heterocycles. The standard InChI is InChI=1S/C38H66N6O7/c1-7-8-9-10-11-12-13-14-15-16-17-18-19-20-21-24-30(45)49-26-23-22-25-41-38(43-33-32(34(46)44-38)39-28-40-33)27-50-35(47)31(29(2)3)42-36(48)51-37(4,5)6/h28-29,31,41H,7-27H2,1-6H3,(H,42,48)(H,44,46)/t31-,38?/m0/s1. The Labute approximate surface area is 306 Å². The highest BCUT2D eigenvalue weighted by Crippen LogP contribution is 2.17. The summed E-state index contributed by atoms with van der Waals surface area (Å²) in [5.41, 5.74) is -0.664. The molecular formula is C38H66N6O7. The first kappa shape index (κ1) is 43.8. The van der Waals surface area contributed by atoms with Gasteiger partial charge in [-0.2, -0.15) is 0 Å². The van der Waals surface area contributed by atoms with Gasteiger partial charge in [0.2, 0.25) is 5.79 Å². The number of nitrogens with one attached hydrogen (secondary N) is 3. The minimum Gasteiger partial charge on any atom is -0.466 e. The highest BCUT2D eigenvalue weighted by molar-refractivity contribution is 6.69. The number of rotatable bonds is 27. The number of ether oxygens (including phenoxy) is 3. The van der Waals surface area contributed by atoms with E-state index in [1.165, 1.54) is 83.4 Å². The van der Waals surface area contributed by atoms with Gasteiger partial charge in [-0.15, -0.1) is 0 Å². The molecule has 0 saturated heterocycles. The second-order valence-corrected chi connectivity index (χ2v) is 15.0. The van der Waals surface area contributed by atoms with Crippen LogP contribution in [-0.2, 0) is 28.6 Å². The zero-order valence-electron chi connectivity index (χ0n) is 32.3. The molecule has 0 spiro atoms. The molecule has 13 heteroatoms. The Kier molecular flexibility index (Phi) is 20.6. The number of hydrogen-bond acceptors (Lipinski definition) is 11. The molecule has 0 aromatic carbocycles. The van der Waals surface area contributed by atoms with E-state index in [4.69, 9.17) is 14.2 Å². The molecule has 0 fully saturated rings. The first-order chi connectivity index (χ1) is 24.4. The molecule has 0 bridgehead atoms. The van der Waals surface area contributed by atoms with Crippen LogP contribution >= 0.6 is 0 Å². The number of nitrogens with zero attached hydrogens (tertiary/aromatic N) is 3. The van der Waals surface area contributed by atoms with Gasteiger partial charge in [-0.25, -0.2) is 24.6 Å². The number of alkyl carbamates (subject to hydrolysis) is 1. The first-order valence-electron chi connectivity index (χ1n) is 19.5. The normalized spacial score (nSPS) is 17.4. The molecule has 2 amide bonds. The molecule has 0 aromatic heterocycles. The van der Waals surface area contributed by atoms with Crippen molar-refractivity contribution in [3.63, 3.8) is 0 Å². The Bertz CT molecular complexity index is 1180. The number of amidine groups is 1. The predicted molar refractivity (Wildman–Crippen MR) is 201 cm³/mol. The van der Waals surface area contributed by atoms with Gasteiger partial charge in [0.25, 0.3) is 5.91 Å². The van der Waals surface area contributed by atoms with E-state index in [1.807, 2.05) is 0 Å². The van der Waals surface area contributed by atoms with E-state index in [1.54, 1.807) is 34.6 Å². The van der Waals surface area contributed by atoms with Gasteiger partial charge >= 0.3 is 18.0 Å². The quantitative estimate of drug-likeness (QED) is 0.0467. The average Bonchev–Trinajstić information content (AvgIpc) is 3.54. The highest BCUT2D eigenvalue weighted by Gasteiger charge is 2.42. The van der Waals surface area contributed by atoms with Gasteiger partial charge in [-0.1, -0.05) is 111 Å². The second-order valence-electron chi connectivity index (χ2n) is 15.0. The van der Waals surface area contributed by atoms with E-state index in [9.17, 15) is 19.2 Å². The molecule has 51 heavy (non-hydrogen) atoms. The summed E-state index contributed by atoms with van der Waals surface area (Å²) < 4.78 is 16.3. The van der Waals surface area contributed by atoms with Crippen molar-refractivity contribution in [1.82, 2.24) is 16.0 Å². The number of aliphatic imine (C=N–C) groups is 3. The molecule has 0 aromatic rings. The van der Waals surface area contributed by atoms with Crippen LogP contribution in [0.2, 0.25) is 0 Å². The molecule has 2 rings (SSSR count). The number of carbonyl (C=O) groups is 4. The maximum absolute atomic E-state index is 13.1. The van der Waals surface area contributed by atoms with Crippen LogP contribution in [0.3, 0.4) is 0 Å². The zero-order valence-corrected chi connectivity index (χ0v) is 32.3. The van der Waals surface area contributed by atoms with E-state index in [-0.39, 0.29) is 36.6 Å². The SMILES string of the molecule is CCCCCCCCCCCCCCCCCC(=O)OCCCCNC1(COC(=O)[C@@H](NC(=O)OC(C)(C)C)C(C)C)N=C2N=CN=C2C(=O)N1. The summed E-state index contributed by atoms with van der Waals surface area (Å²) in [5.74, 6) is -3.08. The van der Waals surface area contributed by atoms with Gasteiger partial charge in [0.05, 0.1) is 6.61 Å². The fourth-order valence-electron chi connectivity index (χ4n) is 5.78. The lowest BCUT2D eigenvalue weighted by molar-refractivity contribution is -0.151. The number of fused-ring (bicyclic) bond motifs is 1. The molecular weight excluding hydrogens is 652 g/mol. The van der Waals surface area contributed by atoms with Gasteiger partial charge in [-0.3, -0.25) is 14.9 Å². The maximum atomic E-state index is 13.1. The third-order valence-corrected chi connectivity index (χ3v) is 8.66. The van der Waals surface area contributed by atoms with Crippen LogP contribution in [0.4, 0.5) is 4.79 Å². The van der Waals surface area contributed by atoms with Gasteiger partial charge < -0.3 is 24.8 Å². The van der Waals surface area contributed by atoms with Gasteiger partial charge in [0.1, 0.15) is 24.6 Å². The molecule has 13 nitrogen and oxygen atoms in total. The molecule has 2 aliphatic rings. The minimum absolute atomic E-state index is 0.0754. The topological polar surface area (TPSA) is 169 Å². The minimum atomic E-state index is -1.50. The molecule has 2 heterocycles. The molecule has 0 radical (unpaired) electrons. The van der Waals surface area contributed by atoms with Crippen LogP contribution in [0.25, 0.3) is 0 Å². The third-order valence-electron chi connectivity index (χ3n) is 8.66. The number of hydrogen-bond donors (Lipinski definition) is 3. The smallest absolute Gasteiger partial charge is 0.408 e. The monoisotopic (exact) mass is 718 g/mol. The Hall–Kier alpha value is -3.35. The number of amides is 2. The van der Waals surface area contributed by atoms with E-state index < -0.39 is 35.4 Å². The van der Waals surface area contributed by atoms with Crippen molar-refractivity contribution in [1.29, 1.82) is 0 Å². The summed E-state index contributed by atoms with van der Waals surface area (Å²) >= 11 is 0. The maximum Gasteiger partial charge on any atom is 0.408 e. The fourth-order valence-corrected chi connectivity index (χ4v) is 5.78. The Morgan fingerprint density at radius 3 is 2.00 bits per heavy atom. The van der Waals surface area contributed by atoms with Crippen molar-refractivity contribution < 1.29 is 33.4 Å². The Balaban J connectivity index is 1.66. The molecule has 3 N–H and O–H groups in total. The van der Waals surface area contributed by atoms with E-state index in [0.29, 0.717) is 25.8 Å². The molecule has 290 valence electrons. The third kappa shape index (κ3) is 18.6. The highest BCUT2D eigenvalue weighted by atomic mass is 16.6. The average molecular weight is 719 g/mol. The van der Waals surface area contributed by atoms with Gasteiger partial charge in [-0.05, 0) is 52.5 Å². The van der Waals surface area contributed by atoms with Crippen LogP contribution in [0, 0.1) is 5.92 Å². The zero-order chi connectivity index (χ0) is 37.5. The summed E-state index contributed by atoms with van der Waals surface area (Å²) in [6.45, 7) is 11.3. The number of unbranched alkanes of at least 4 members (excludes halogenated alkanes) is 15. The molecule has 1 unspecified atom stereocenters. The summed E-state index contributed by atoms with van der Waals surface area (Å²) in [4.78, 5) is 63.0. The van der Waals surface area contributed by atoms with Gasteiger partial charge in [0, 0.05) is 6.42 Å². The van der Waals surface area contributed by atoms with Crippen molar-refractivity contribution in [3.8, 4) is 0 Å². The lowest BCUT2D eigenvalue weighted by Gasteiger charge is -2.34. The second kappa shape index (κ2) is 24.0. The van der Waals surface area contributed by atoms with Crippen molar-refractivity contribution in [3.05, 3.63) is 0 Å². The van der Waals surface area contributed by atoms with Crippen molar-refractivity contribution in [2.24, 2.45) is 20.9 Å². The Morgan fingerprint density at radius 2 is 1.43 bits per heavy atom.